The molecule has 28 heavy (non-hydrogen) atoms. The smallest absolute Gasteiger partial charge is 0.146 e. The predicted molar refractivity (Wildman–Crippen MR) is 111 cm³/mol. The standard InChI is InChI=1S/C22H20N6/c1-2-15-12-27(22-20(15)21(23)24-14-25-22)13-19-26-17-10-6-7-11-18(17)28(19)16-8-4-3-5-9-16/h3-12,14H,2,13H2,1H3,(H2,23,24,25). The van der Waals surface area contributed by atoms with Crippen molar-refractivity contribution in [3.8, 4) is 5.69 Å². The van der Waals surface area contributed by atoms with Crippen LogP contribution in [0, 0.1) is 0 Å². The van der Waals surface area contributed by atoms with Crippen molar-refractivity contribution >= 4 is 27.9 Å². The lowest BCUT2D eigenvalue weighted by Crippen LogP contribution is -2.07. The van der Waals surface area contributed by atoms with Crippen LogP contribution in [0.25, 0.3) is 27.8 Å². The highest BCUT2D eigenvalue weighted by molar-refractivity contribution is 5.89. The molecule has 0 aliphatic heterocycles. The number of aryl methyl sites for hydroxylation is 1. The van der Waals surface area contributed by atoms with Gasteiger partial charge in [0.15, 0.2) is 0 Å². The summed E-state index contributed by atoms with van der Waals surface area (Å²) in [7, 11) is 0. The van der Waals surface area contributed by atoms with Gasteiger partial charge in [0.25, 0.3) is 0 Å². The van der Waals surface area contributed by atoms with Crippen LogP contribution in [-0.2, 0) is 13.0 Å². The van der Waals surface area contributed by atoms with Gasteiger partial charge in [-0.2, -0.15) is 0 Å². The SMILES string of the molecule is CCc1cn(Cc2nc3ccccc3n2-c2ccccc2)c2ncnc(N)c12. The number of benzene rings is 2. The summed E-state index contributed by atoms with van der Waals surface area (Å²) >= 11 is 0. The fraction of sp³-hybridized carbons (Fsp3) is 0.136. The summed E-state index contributed by atoms with van der Waals surface area (Å²) in [6.07, 6.45) is 4.51. The van der Waals surface area contributed by atoms with Crippen LogP contribution in [-0.4, -0.2) is 24.1 Å². The molecular weight excluding hydrogens is 348 g/mol. The monoisotopic (exact) mass is 368 g/mol. The molecule has 2 aromatic carbocycles. The van der Waals surface area contributed by atoms with E-state index in [0.29, 0.717) is 12.4 Å². The molecule has 0 bridgehead atoms. The second-order valence-electron chi connectivity index (χ2n) is 6.78. The lowest BCUT2D eigenvalue weighted by atomic mass is 10.2. The van der Waals surface area contributed by atoms with Gasteiger partial charge in [-0.25, -0.2) is 15.0 Å². The molecule has 6 heteroatoms. The molecule has 0 amide bonds. The first kappa shape index (κ1) is 16.5. The number of hydrogen-bond donors (Lipinski definition) is 1. The number of aromatic nitrogens is 5. The Hall–Kier alpha value is -3.67. The number of fused-ring (bicyclic) bond motifs is 2. The number of nitrogen functional groups attached to an aromatic ring is 1. The zero-order chi connectivity index (χ0) is 19.1. The molecule has 0 radical (unpaired) electrons. The Morgan fingerprint density at radius 2 is 1.75 bits per heavy atom. The summed E-state index contributed by atoms with van der Waals surface area (Å²) in [6, 6.07) is 18.5. The van der Waals surface area contributed by atoms with Gasteiger partial charge in [-0.3, -0.25) is 4.57 Å². The largest absolute Gasteiger partial charge is 0.383 e. The van der Waals surface area contributed by atoms with Crippen molar-refractivity contribution in [2.24, 2.45) is 0 Å². The maximum atomic E-state index is 6.14. The normalized spacial score (nSPS) is 11.5. The van der Waals surface area contributed by atoms with E-state index < -0.39 is 0 Å². The zero-order valence-corrected chi connectivity index (χ0v) is 15.6. The molecule has 0 atom stereocenters. The molecule has 0 fully saturated rings. The Bertz CT molecular complexity index is 1280. The summed E-state index contributed by atoms with van der Waals surface area (Å²) in [5.74, 6) is 1.47. The lowest BCUT2D eigenvalue weighted by molar-refractivity contribution is 0.750. The van der Waals surface area contributed by atoms with E-state index in [9.17, 15) is 0 Å². The Balaban J connectivity index is 1.72. The van der Waals surface area contributed by atoms with E-state index in [1.54, 1.807) is 0 Å². The number of nitrogens with two attached hydrogens (primary N) is 1. The average molecular weight is 368 g/mol. The minimum atomic E-state index is 0.525. The van der Waals surface area contributed by atoms with E-state index in [1.165, 1.54) is 6.33 Å². The van der Waals surface area contributed by atoms with Crippen LogP contribution in [0.4, 0.5) is 5.82 Å². The third kappa shape index (κ3) is 2.53. The Morgan fingerprint density at radius 1 is 0.964 bits per heavy atom. The maximum Gasteiger partial charge on any atom is 0.146 e. The quantitative estimate of drug-likeness (QED) is 0.521. The van der Waals surface area contributed by atoms with Gasteiger partial charge in [-0.05, 0) is 36.2 Å². The fourth-order valence-electron chi connectivity index (χ4n) is 3.82. The van der Waals surface area contributed by atoms with E-state index in [0.717, 1.165) is 45.6 Å². The van der Waals surface area contributed by atoms with Crippen LogP contribution in [0.1, 0.15) is 18.3 Å². The van der Waals surface area contributed by atoms with Crippen LogP contribution in [0.15, 0.2) is 67.1 Å². The number of imidazole rings is 1. The van der Waals surface area contributed by atoms with Crippen molar-refractivity contribution in [1.29, 1.82) is 0 Å². The molecule has 3 aromatic heterocycles. The van der Waals surface area contributed by atoms with Gasteiger partial charge in [0.1, 0.15) is 23.6 Å². The Morgan fingerprint density at radius 3 is 2.57 bits per heavy atom. The Labute approximate surface area is 162 Å². The molecule has 6 nitrogen and oxygen atoms in total. The molecule has 0 spiro atoms. The molecule has 0 saturated heterocycles. The number of anilines is 1. The molecule has 0 aliphatic rings. The third-order valence-electron chi connectivity index (χ3n) is 5.10. The van der Waals surface area contributed by atoms with Crippen molar-refractivity contribution in [2.45, 2.75) is 19.9 Å². The summed E-state index contributed by atoms with van der Waals surface area (Å²) in [5, 5.41) is 0.937. The van der Waals surface area contributed by atoms with E-state index >= 15 is 0 Å². The molecule has 2 N–H and O–H groups in total. The number of rotatable bonds is 4. The molecule has 5 aromatic rings. The van der Waals surface area contributed by atoms with E-state index in [4.69, 9.17) is 10.7 Å². The molecule has 0 saturated carbocycles. The van der Waals surface area contributed by atoms with Gasteiger partial charge >= 0.3 is 0 Å². The fourth-order valence-corrected chi connectivity index (χ4v) is 3.82. The van der Waals surface area contributed by atoms with Gasteiger partial charge in [-0.1, -0.05) is 37.3 Å². The van der Waals surface area contributed by atoms with Crippen LogP contribution >= 0.6 is 0 Å². The number of nitrogens with zero attached hydrogens (tertiary/aromatic N) is 5. The molecule has 138 valence electrons. The first-order valence-electron chi connectivity index (χ1n) is 9.36. The van der Waals surface area contributed by atoms with Gasteiger partial charge in [0, 0.05) is 11.9 Å². The van der Waals surface area contributed by atoms with E-state index in [-0.39, 0.29) is 0 Å². The van der Waals surface area contributed by atoms with Gasteiger partial charge in [0.05, 0.1) is 23.0 Å². The van der Waals surface area contributed by atoms with E-state index in [1.807, 2.05) is 36.4 Å². The number of hydrogen-bond acceptors (Lipinski definition) is 4. The van der Waals surface area contributed by atoms with Crippen molar-refractivity contribution in [3.63, 3.8) is 0 Å². The molecular formula is C22H20N6. The highest BCUT2D eigenvalue weighted by Crippen LogP contribution is 2.27. The Kier molecular flexibility index (Phi) is 3.83. The summed E-state index contributed by atoms with van der Waals surface area (Å²) in [5.41, 5.74) is 11.3. The van der Waals surface area contributed by atoms with Crippen molar-refractivity contribution in [3.05, 3.63) is 78.5 Å². The average Bonchev–Trinajstić information content (AvgIpc) is 3.27. The molecule has 3 heterocycles. The minimum absolute atomic E-state index is 0.525. The van der Waals surface area contributed by atoms with Gasteiger partial charge in [0.2, 0.25) is 0 Å². The van der Waals surface area contributed by atoms with Crippen molar-refractivity contribution < 1.29 is 0 Å². The molecule has 5 rings (SSSR count). The van der Waals surface area contributed by atoms with Crippen LogP contribution < -0.4 is 5.73 Å². The van der Waals surface area contributed by atoms with Crippen LogP contribution in [0.5, 0.6) is 0 Å². The second kappa shape index (κ2) is 6.49. The summed E-state index contributed by atoms with van der Waals surface area (Å²) < 4.78 is 4.32. The summed E-state index contributed by atoms with van der Waals surface area (Å²) in [4.78, 5) is 13.6. The highest BCUT2D eigenvalue weighted by atomic mass is 15.1. The lowest BCUT2D eigenvalue weighted by Gasteiger charge is -2.10. The van der Waals surface area contributed by atoms with Crippen molar-refractivity contribution in [1.82, 2.24) is 24.1 Å². The van der Waals surface area contributed by atoms with Crippen molar-refractivity contribution in [2.75, 3.05) is 5.73 Å². The molecule has 0 unspecified atom stereocenters. The van der Waals surface area contributed by atoms with Crippen LogP contribution in [0.2, 0.25) is 0 Å². The maximum absolute atomic E-state index is 6.14. The van der Waals surface area contributed by atoms with Gasteiger partial charge < -0.3 is 10.3 Å². The minimum Gasteiger partial charge on any atom is -0.383 e. The zero-order valence-electron chi connectivity index (χ0n) is 15.6. The third-order valence-corrected chi connectivity index (χ3v) is 5.10. The molecule has 0 aliphatic carbocycles. The van der Waals surface area contributed by atoms with Gasteiger partial charge in [-0.15, -0.1) is 0 Å². The first-order chi connectivity index (χ1) is 13.8. The highest BCUT2D eigenvalue weighted by Gasteiger charge is 2.17. The summed E-state index contributed by atoms with van der Waals surface area (Å²) in [6.45, 7) is 2.71. The predicted octanol–water partition coefficient (Wildman–Crippen LogP) is 3.96. The van der Waals surface area contributed by atoms with Crippen LogP contribution in [0.3, 0.4) is 0 Å². The van der Waals surface area contributed by atoms with E-state index in [2.05, 4.69) is 50.4 Å². The first-order valence-corrected chi connectivity index (χ1v) is 9.36. The second-order valence-corrected chi connectivity index (χ2v) is 6.78. The number of para-hydroxylation sites is 3. The topological polar surface area (TPSA) is 74.5 Å².